The zero-order valence-corrected chi connectivity index (χ0v) is 15.4. The van der Waals surface area contributed by atoms with Gasteiger partial charge in [0.1, 0.15) is 5.75 Å². The minimum Gasteiger partial charge on any atom is -0.484 e. The van der Waals surface area contributed by atoms with Crippen molar-refractivity contribution < 1.29 is 14.5 Å². The number of amides is 1. The van der Waals surface area contributed by atoms with E-state index in [1.165, 1.54) is 17.8 Å². The second-order valence-electron chi connectivity index (χ2n) is 6.16. The summed E-state index contributed by atoms with van der Waals surface area (Å²) in [7, 11) is 0. The number of rotatable bonds is 9. The van der Waals surface area contributed by atoms with Gasteiger partial charge in [0.25, 0.3) is 11.6 Å². The number of hydrogen-bond donors (Lipinski definition) is 1. The van der Waals surface area contributed by atoms with Crippen molar-refractivity contribution in [2.75, 3.05) is 6.61 Å². The predicted molar refractivity (Wildman–Crippen MR) is 104 cm³/mol. The Morgan fingerprint density at radius 2 is 1.96 bits per heavy atom. The summed E-state index contributed by atoms with van der Waals surface area (Å²) in [4.78, 5) is 22.2. The third kappa shape index (κ3) is 6.22. The molecule has 2 aromatic rings. The third-order valence-corrected chi connectivity index (χ3v) is 4.07. The summed E-state index contributed by atoms with van der Waals surface area (Å²) in [6, 6.07) is 13.8. The molecule has 0 radical (unpaired) electrons. The molecule has 0 heterocycles. The van der Waals surface area contributed by atoms with Gasteiger partial charge in [-0.1, -0.05) is 44.5 Å². The predicted octanol–water partition coefficient (Wildman–Crippen LogP) is 4.03. The zero-order valence-electron chi connectivity index (χ0n) is 15.4. The van der Waals surface area contributed by atoms with Crippen LogP contribution < -0.4 is 10.2 Å². The second-order valence-corrected chi connectivity index (χ2v) is 6.16. The lowest BCUT2D eigenvalue weighted by Gasteiger charge is -2.11. The van der Waals surface area contributed by atoms with Gasteiger partial charge in [-0.15, -0.1) is 0 Å². The van der Waals surface area contributed by atoms with Crippen molar-refractivity contribution in [3.05, 3.63) is 69.8 Å². The highest BCUT2D eigenvalue weighted by molar-refractivity contribution is 5.86. The Balaban J connectivity index is 1.84. The summed E-state index contributed by atoms with van der Waals surface area (Å²) in [5.74, 6) is 0.636. The molecule has 2 aromatic carbocycles. The molecule has 27 heavy (non-hydrogen) atoms. The Bertz CT molecular complexity index is 803. The van der Waals surface area contributed by atoms with Crippen LogP contribution in [0.5, 0.6) is 5.75 Å². The molecule has 0 bridgehead atoms. The number of nitrogens with zero attached hydrogens (tertiary/aromatic N) is 2. The molecule has 142 valence electrons. The monoisotopic (exact) mass is 369 g/mol. The molecule has 0 spiro atoms. The molecule has 0 aromatic heterocycles. The van der Waals surface area contributed by atoms with E-state index in [-0.39, 0.29) is 12.3 Å². The number of nitro groups is 1. The van der Waals surface area contributed by atoms with E-state index >= 15 is 0 Å². The minimum absolute atomic E-state index is 0.0795. The van der Waals surface area contributed by atoms with E-state index in [0.717, 1.165) is 12.8 Å². The molecular weight excluding hydrogens is 346 g/mol. The Labute approximate surface area is 158 Å². The molecule has 7 nitrogen and oxygen atoms in total. The van der Waals surface area contributed by atoms with Crippen LogP contribution in [0, 0.1) is 10.1 Å². The van der Waals surface area contributed by atoms with Crippen molar-refractivity contribution in [1.29, 1.82) is 0 Å². The van der Waals surface area contributed by atoms with Gasteiger partial charge in [0.2, 0.25) is 0 Å². The molecular formula is C20H23N3O4. The average Bonchev–Trinajstić information content (AvgIpc) is 2.67. The highest BCUT2D eigenvalue weighted by Crippen LogP contribution is 2.22. The molecule has 0 saturated carbocycles. The number of carbonyl (C=O) groups excluding carboxylic acids is 1. The first-order valence-electron chi connectivity index (χ1n) is 8.79. The fraction of sp³-hybridized carbons (Fsp3) is 0.300. The summed E-state index contributed by atoms with van der Waals surface area (Å²) in [5.41, 5.74) is 3.76. The van der Waals surface area contributed by atoms with E-state index in [1.807, 2.05) is 24.3 Å². The van der Waals surface area contributed by atoms with E-state index in [2.05, 4.69) is 24.4 Å². The van der Waals surface area contributed by atoms with E-state index in [0.29, 0.717) is 17.2 Å². The molecule has 0 fully saturated rings. The first kappa shape index (κ1) is 20.1. The van der Waals surface area contributed by atoms with Gasteiger partial charge < -0.3 is 4.74 Å². The largest absolute Gasteiger partial charge is 0.484 e. The summed E-state index contributed by atoms with van der Waals surface area (Å²) < 4.78 is 5.43. The standard InChI is InChI=1S/C20H23N3O4/c1-3-6-15(2)16-9-11-18(12-10-16)27-14-20(24)22-21-13-17-7-4-5-8-19(17)23(25)26/h4-5,7-13,15H,3,6,14H2,1-2H3,(H,22,24)/b21-13-/t15-/m0/s1. The van der Waals surface area contributed by atoms with Crippen LogP contribution in [0.2, 0.25) is 0 Å². The molecule has 0 aliphatic heterocycles. The third-order valence-electron chi connectivity index (χ3n) is 4.07. The Morgan fingerprint density at radius 1 is 1.26 bits per heavy atom. The SMILES string of the molecule is CCC[C@H](C)c1ccc(OCC(=O)N/N=C\c2ccccc2[N+](=O)[O-])cc1. The number of nitrogens with one attached hydrogen (secondary N) is 1. The number of nitro benzene ring substituents is 1. The Hall–Kier alpha value is -3.22. The van der Waals surface area contributed by atoms with Gasteiger partial charge >= 0.3 is 0 Å². The zero-order chi connectivity index (χ0) is 19.6. The highest BCUT2D eigenvalue weighted by atomic mass is 16.6. The van der Waals surface area contributed by atoms with Gasteiger partial charge in [0.05, 0.1) is 16.7 Å². The van der Waals surface area contributed by atoms with Gasteiger partial charge in [-0.2, -0.15) is 5.10 Å². The van der Waals surface area contributed by atoms with Crippen molar-refractivity contribution in [2.24, 2.45) is 5.10 Å². The van der Waals surface area contributed by atoms with Gasteiger partial charge in [-0.25, -0.2) is 5.43 Å². The molecule has 0 unspecified atom stereocenters. The van der Waals surface area contributed by atoms with Crippen LogP contribution in [-0.4, -0.2) is 23.7 Å². The summed E-state index contributed by atoms with van der Waals surface area (Å²) in [5, 5.41) is 14.7. The van der Waals surface area contributed by atoms with E-state index in [9.17, 15) is 14.9 Å². The first-order chi connectivity index (χ1) is 13.0. The molecule has 7 heteroatoms. The maximum absolute atomic E-state index is 11.8. The van der Waals surface area contributed by atoms with Crippen molar-refractivity contribution in [3.8, 4) is 5.75 Å². The van der Waals surface area contributed by atoms with Crippen molar-refractivity contribution in [2.45, 2.75) is 32.6 Å². The lowest BCUT2D eigenvalue weighted by molar-refractivity contribution is -0.385. The minimum atomic E-state index is -0.503. The van der Waals surface area contributed by atoms with Crippen LogP contribution >= 0.6 is 0 Å². The van der Waals surface area contributed by atoms with Crippen molar-refractivity contribution in [1.82, 2.24) is 5.43 Å². The van der Waals surface area contributed by atoms with E-state index < -0.39 is 10.8 Å². The molecule has 1 N–H and O–H groups in total. The Morgan fingerprint density at radius 3 is 2.63 bits per heavy atom. The number of benzene rings is 2. The van der Waals surface area contributed by atoms with E-state index in [4.69, 9.17) is 4.74 Å². The summed E-state index contributed by atoms with van der Waals surface area (Å²) >= 11 is 0. The number of hydrogen-bond acceptors (Lipinski definition) is 5. The molecule has 2 rings (SSSR count). The number of ether oxygens (including phenoxy) is 1. The van der Waals surface area contributed by atoms with Crippen LogP contribution in [0.1, 0.15) is 43.7 Å². The van der Waals surface area contributed by atoms with Crippen LogP contribution in [-0.2, 0) is 4.79 Å². The number of para-hydroxylation sites is 1. The van der Waals surface area contributed by atoms with Crippen molar-refractivity contribution >= 4 is 17.8 Å². The fourth-order valence-corrected chi connectivity index (χ4v) is 2.61. The van der Waals surface area contributed by atoms with Crippen LogP contribution in [0.3, 0.4) is 0 Å². The highest BCUT2D eigenvalue weighted by Gasteiger charge is 2.10. The Kier molecular flexibility index (Phi) is 7.49. The maximum atomic E-state index is 11.8. The average molecular weight is 369 g/mol. The quantitative estimate of drug-likeness (QED) is 0.410. The van der Waals surface area contributed by atoms with Gasteiger partial charge in [-0.05, 0) is 36.1 Å². The van der Waals surface area contributed by atoms with Crippen molar-refractivity contribution in [3.63, 3.8) is 0 Å². The molecule has 0 aliphatic carbocycles. The first-order valence-corrected chi connectivity index (χ1v) is 8.79. The van der Waals surface area contributed by atoms with Crippen LogP contribution in [0.15, 0.2) is 53.6 Å². The number of carbonyl (C=O) groups is 1. The lowest BCUT2D eigenvalue weighted by atomic mass is 9.97. The van der Waals surface area contributed by atoms with Gasteiger partial charge in [-0.3, -0.25) is 14.9 Å². The lowest BCUT2D eigenvalue weighted by Crippen LogP contribution is -2.24. The fourth-order valence-electron chi connectivity index (χ4n) is 2.61. The van der Waals surface area contributed by atoms with E-state index in [1.54, 1.807) is 18.2 Å². The van der Waals surface area contributed by atoms with Crippen LogP contribution in [0.4, 0.5) is 5.69 Å². The maximum Gasteiger partial charge on any atom is 0.278 e. The normalized spacial score (nSPS) is 11.9. The topological polar surface area (TPSA) is 93.8 Å². The molecule has 0 aliphatic rings. The number of hydrazone groups is 1. The summed E-state index contributed by atoms with van der Waals surface area (Å²) in [6.07, 6.45) is 3.49. The summed E-state index contributed by atoms with van der Waals surface area (Å²) in [6.45, 7) is 4.14. The molecule has 0 saturated heterocycles. The van der Waals surface area contributed by atoms with Crippen LogP contribution in [0.25, 0.3) is 0 Å². The second kappa shape index (κ2) is 10.1. The van der Waals surface area contributed by atoms with Gasteiger partial charge in [0.15, 0.2) is 6.61 Å². The molecule has 1 amide bonds. The molecule has 1 atom stereocenters. The van der Waals surface area contributed by atoms with Gasteiger partial charge in [0, 0.05) is 6.07 Å². The smallest absolute Gasteiger partial charge is 0.278 e.